The normalized spacial score (nSPS) is 11.9. The number of para-hydroxylation sites is 5. The molecular formula is C55H32N4O2. The fraction of sp³-hybridized carbons (Fsp3) is 0. The molecule has 0 atom stereocenters. The van der Waals surface area contributed by atoms with Gasteiger partial charge in [-0.15, -0.1) is 0 Å². The minimum Gasteiger partial charge on any atom is -0.455 e. The summed E-state index contributed by atoms with van der Waals surface area (Å²) in [6.07, 6.45) is 0. The second kappa shape index (κ2) is 13.1. The number of fused-ring (bicyclic) bond motifs is 10. The topological polar surface area (TPSA) is 69.9 Å². The first-order chi connectivity index (χ1) is 30.2. The molecule has 0 unspecified atom stereocenters. The zero-order valence-corrected chi connectivity index (χ0v) is 32.6. The van der Waals surface area contributed by atoms with E-state index in [2.05, 4.69) is 126 Å². The highest BCUT2D eigenvalue weighted by Crippen LogP contribution is 2.43. The van der Waals surface area contributed by atoms with Gasteiger partial charge in [-0.2, -0.15) is 0 Å². The van der Waals surface area contributed by atoms with Crippen molar-refractivity contribution in [3.05, 3.63) is 194 Å². The summed E-state index contributed by atoms with van der Waals surface area (Å²) in [5, 5.41) is 8.97. The van der Waals surface area contributed by atoms with Crippen molar-refractivity contribution in [3.8, 4) is 51.0 Å². The zero-order valence-electron chi connectivity index (χ0n) is 32.6. The Morgan fingerprint density at radius 2 is 0.885 bits per heavy atom. The highest BCUT2D eigenvalue weighted by molar-refractivity contribution is 6.15. The molecule has 4 aromatic heterocycles. The first-order valence-corrected chi connectivity index (χ1v) is 20.4. The van der Waals surface area contributed by atoms with Gasteiger partial charge in [0.1, 0.15) is 22.3 Å². The number of furan rings is 2. The number of hydrogen-bond acceptors (Lipinski definition) is 5. The van der Waals surface area contributed by atoms with Gasteiger partial charge in [-0.3, -0.25) is 0 Å². The lowest BCUT2D eigenvalue weighted by molar-refractivity contribution is 0.669. The highest BCUT2D eigenvalue weighted by atomic mass is 16.3. The Balaban J connectivity index is 1.11. The van der Waals surface area contributed by atoms with Crippen molar-refractivity contribution in [1.82, 2.24) is 19.5 Å². The minimum absolute atomic E-state index is 0.528. The highest BCUT2D eigenvalue weighted by Gasteiger charge is 2.23. The lowest BCUT2D eigenvalue weighted by atomic mass is 9.96. The van der Waals surface area contributed by atoms with Crippen molar-refractivity contribution >= 4 is 76.5 Å². The molecule has 6 heteroatoms. The second-order valence-corrected chi connectivity index (χ2v) is 15.5. The largest absolute Gasteiger partial charge is 0.455 e. The van der Waals surface area contributed by atoms with Gasteiger partial charge in [-0.1, -0.05) is 140 Å². The molecule has 0 amide bonds. The molecule has 0 aliphatic rings. The molecule has 0 saturated heterocycles. The molecule has 4 heterocycles. The lowest BCUT2D eigenvalue weighted by Gasteiger charge is -2.16. The summed E-state index contributed by atoms with van der Waals surface area (Å²) < 4.78 is 15.7. The third-order valence-corrected chi connectivity index (χ3v) is 12.0. The summed E-state index contributed by atoms with van der Waals surface area (Å²) in [6.45, 7) is 0. The van der Waals surface area contributed by atoms with E-state index < -0.39 is 0 Å². The van der Waals surface area contributed by atoms with Crippen LogP contribution in [0.25, 0.3) is 127 Å². The van der Waals surface area contributed by atoms with E-state index in [-0.39, 0.29) is 0 Å². The van der Waals surface area contributed by atoms with Gasteiger partial charge < -0.3 is 13.4 Å². The maximum Gasteiger partial charge on any atom is 0.167 e. The Kier molecular flexibility index (Phi) is 7.21. The molecule has 0 saturated carbocycles. The molecular weight excluding hydrogens is 749 g/mol. The van der Waals surface area contributed by atoms with Crippen molar-refractivity contribution < 1.29 is 8.83 Å². The molecule has 0 aliphatic heterocycles. The predicted molar refractivity (Wildman–Crippen MR) is 248 cm³/mol. The van der Waals surface area contributed by atoms with E-state index in [0.717, 1.165) is 88.4 Å². The van der Waals surface area contributed by atoms with Crippen LogP contribution in [0, 0.1) is 0 Å². The molecule has 13 aromatic rings. The molecule has 9 aromatic carbocycles. The van der Waals surface area contributed by atoms with Crippen LogP contribution in [-0.4, -0.2) is 19.5 Å². The van der Waals surface area contributed by atoms with Crippen molar-refractivity contribution in [2.24, 2.45) is 0 Å². The predicted octanol–water partition coefficient (Wildman–Crippen LogP) is 14.6. The standard InChI is InChI=1S/C55H32N4O2/c1-2-14-33(15-3-1)53-56-54(58-55(57-53)44-24-13-22-41-39-20-8-11-27-50(39)61-52(41)44)43-29-28-36(32-45(43)42-23-12-21-40-38-19-7-10-26-49(38)60-51(40)42)59-47-25-9-6-18-37(47)46-30-34-16-4-5-17-35(34)31-48(46)59/h1-32H. The monoisotopic (exact) mass is 780 g/mol. The van der Waals surface area contributed by atoms with Gasteiger partial charge in [-0.05, 0) is 70.9 Å². The second-order valence-electron chi connectivity index (χ2n) is 15.5. The van der Waals surface area contributed by atoms with E-state index in [0.29, 0.717) is 17.5 Å². The summed E-state index contributed by atoms with van der Waals surface area (Å²) in [4.78, 5) is 15.8. The summed E-state index contributed by atoms with van der Waals surface area (Å²) in [5.74, 6) is 1.64. The Morgan fingerprint density at radius 1 is 0.328 bits per heavy atom. The van der Waals surface area contributed by atoms with Crippen molar-refractivity contribution in [2.75, 3.05) is 0 Å². The van der Waals surface area contributed by atoms with Gasteiger partial charge in [0.15, 0.2) is 17.5 Å². The van der Waals surface area contributed by atoms with Gasteiger partial charge in [0, 0.05) is 54.7 Å². The van der Waals surface area contributed by atoms with Gasteiger partial charge in [0.05, 0.1) is 16.6 Å². The first kappa shape index (κ1) is 33.6. The van der Waals surface area contributed by atoms with Crippen LogP contribution in [0.5, 0.6) is 0 Å². The van der Waals surface area contributed by atoms with Crippen LogP contribution >= 0.6 is 0 Å². The molecule has 0 fully saturated rings. The smallest absolute Gasteiger partial charge is 0.167 e. The zero-order chi connectivity index (χ0) is 40.0. The van der Waals surface area contributed by atoms with Gasteiger partial charge in [-0.25, -0.2) is 15.0 Å². The minimum atomic E-state index is 0.528. The number of hydrogen-bond donors (Lipinski definition) is 0. The summed E-state index contributed by atoms with van der Waals surface area (Å²) >= 11 is 0. The molecule has 0 N–H and O–H groups in total. The lowest BCUT2D eigenvalue weighted by Crippen LogP contribution is -2.02. The molecule has 284 valence electrons. The molecule has 6 nitrogen and oxygen atoms in total. The third-order valence-electron chi connectivity index (χ3n) is 12.0. The van der Waals surface area contributed by atoms with Crippen LogP contribution in [0.4, 0.5) is 0 Å². The maximum absolute atomic E-state index is 6.74. The van der Waals surface area contributed by atoms with E-state index in [4.69, 9.17) is 23.8 Å². The Hall–Kier alpha value is -8.35. The number of aromatic nitrogens is 4. The number of rotatable bonds is 5. The molecule has 13 rings (SSSR count). The van der Waals surface area contributed by atoms with E-state index in [9.17, 15) is 0 Å². The first-order valence-electron chi connectivity index (χ1n) is 20.4. The molecule has 0 bridgehead atoms. The summed E-state index contributed by atoms with van der Waals surface area (Å²) in [7, 11) is 0. The van der Waals surface area contributed by atoms with Crippen LogP contribution in [0.1, 0.15) is 0 Å². The van der Waals surface area contributed by atoms with Crippen LogP contribution < -0.4 is 0 Å². The molecule has 0 spiro atoms. The van der Waals surface area contributed by atoms with E-state index in [1.807, 2.05) is 72.8 Å². The van der Waals surface area contributed by atoms with Crippen LogP contribution in [0.3, 0.4) is 0 Å². The van der Waals surface area contributed by atoms with Crippen LogP contribution in [0.2, 0.25) is 0 Å². The van der Waals surface area contributed by atoms with Gasteiger partial charge >= 0.3 is 0 Å². The van der Waals surface area contributed by atoms with Crippen LogP contribution in [0.15, 0.2) is 203 Å². The molecule has 61 heavy (non-hydrogen) atoms. The van der Waals surface area contributed by atoms with E-state index in [1.165, 1.54) is 21.5 Å². The Labute approximate surface area is 348 Å². The quantitative estimate of drug-likeness (QED) is 0.174. The van der Waals surface area contributed by atoms with Crippen LogP contribution in [-0.2, 0) is 0 Å². The average molecular weight is 781 g/mol. The van der Waals surface area contributed by atoms with Crippen molar-refractivity contribution in [3.63, 3.8) is 0 Å². The van der Waals surface area contributed by atoms with Gasteiger partial charge in [0.2, 0.25) is 0 Å². The maximum atomic E-state index is 6.74. The van der Waals surface area contributed by atoms with E-state index >= 15 is 0 Å². The van der Waals surface area contributed by atoms with E-state index in [1.54, 1.807) is 0 Å². The number of benzene rings is 9. The third kappa shape index (κ3) is 5.19. The summed E-state index contributed by atoms with van der Waals surface area (Å²) in [6, 6.07) is 67.4. The number of nitrogens with zero attached hydrogens (tertiary/aromatic N) is 4. The average Bonchev–Trinajstić information content (AvgIpc) is 4.00. The Bertz CT molecular complexity index is 3900. The summed E-state index contributed by atoms with van der Waals surface area (Å²) in [5.41, 5.74) is 10.9. The van der Waals surface area contributed by atoms with Crippen molar-refractivity contribution in [2.45, 2.75) is 0 Å². The fourth-order valence-electron chi connectivity index (χ4n) is 9.24. The Morgan fingerprint density at radius 3 is 1.62 bits per heavy atom. The van der Waals surface area contributed by atoms with Crippen molar-refractivity contribution in [1.29, 1.82) is 0 Å². The fourth-order valence-corrected chi connectivity index (χ4v) is 9.24. The SMILES string of the molecule is c1ccc(-c2nc(-c3ccc(-n4c5ccccc5c5cc6ccccc6cc54)cc3-c3cccc4c3oc3ccccc34)nc(-c3cccc4c3oc3ccccc34)n2)cc1. The molecule has 0 radical (unpaired) electrons. The van der Waals surface area contributed by atoms with Gasteiger partial charge in [0.25, 0.3) is 0 Å². The molecule has 0 aliphatic carbocycles.